The smallest absolute Gasteiger partial charge is 0.128 e. The SMILES string of the molecule is C=CCOc1ccccc1C[NH+]1CCC(Cc2ccccc2)CC1. The molecule has 24 heavy (non-hydrogen) atoms. The Labute approximate surface area is 145 Å². The minimum Gasteiger partial charge on any atom is -0.489 e. The molecule has 0 spiro atoms. The Morgan fingerprint density at radius 2 is 1.71 bits per heavy atom. The Morgan fingerprint density at radius 1 is 1.00 bits per heavy atom. The van der Waals surface area contributed by atoms with Crippen molar-refractivity contribution in [2.75, 3.05) is 19.7 Å². The van der Waals surface area contributed by atoms with E-state index in [0.29, 0.717) is 6.61 Å². The standard InChI is InChI=1S/C22H27NO/c1-2-16-24-22-11-7-6-10-21(22)18-23-14-12-20(13-15-23)17-19-8-4-3-5-9-19/h2-11,20H,1,12-18H2/p+1. The van der Waals surface area contributed by atoms with Crippen molar-refractivity contribution < 1.29 is 9.64 Å². The fourth-order valence-electron chi connectivity index (χ4n) is 3.62. The highest BCUT2D eigenvalue weighted by Crippen LogP contribution is 2.19. The zero-order valence-electron chi connectivity index (χ0n) is 14.4. The van der Waals surface area contributed by atoms with Gasteiger partial charge in [0.1, 0.15) is 18.9 Å². The summed E-state index contributed by atoms with van der Waals surface area (Å²) in [5.41, 5.74) is 2.80. The van der Waals surface area contributed by atoms with Crippen molar-refractivity contribution >= 4 is 0 Å². The average molecular weight is 322 g/mol. The van der Waals surface area contributed by atoms with Gasteiger partial charge in [-0.1, -0.05) is 55.1 Å². The molecular weight excluding hydrogens is 294 g/mol. The molecule has 3 rings (SSSR count). The number of benzene rings is 2. The zero-order valence-corrected chi connectivity index (χ0v) is 14.4. The molecule has 0 radical (unpaired) electrons. The molecule has 2 aromatic carbocycles. The van der Waals surface area contributed by atoms with Crippen LogP contribution in [0.15, 0.2) is 67.3 Å². The van der Waals surface area contributed by atoms with Crippen molar-refractivity contribution in [2.24, 2.45) is 5.92 Å². The summed E-state index contributed by atoms with van der Waals surface area (Å²) in [5.74, 6) is 1.85. The van der Waals surface area contributed by atoms with Gasteiger partial charge in [0.25, 0.3) is 0 Å². The second-order valence-electron chi connectivity index (χ2n) is 6.77. The summed E-state index contributed by atoms with van der Waals surface area (Å²) in [7, 11) is 0. The van der Waals surface area contributed by atoms with E-state index in [9.17, 15) is 0 Å². The molecule has 0 atom stereocenters. The molecule has 0 bridgehead atoms. The van der Waals surface area contributed by atoms with E-state index in [1.165, 1.54) is 43.5 Å². The van der Waals surface area contributed by atoms with Gasteiger partial charge < -0.3 is 9.64 Å². The van der Waals surface area contributed by atoms with Crippen LogP contribution in [0.3, 0.4) is 0 Å². The monoisotopic (exact) mass is 322 g/mol. The molecule has 0 saturated carbocycles. The van der Waals surface area contributed by atoms with Crippen LogP contribution in [0.2, 0.25) is 0 Å². The maximum absolute atomic E-state index is 5.80. The van der Waals surface area contributed by atoms with Crippen molar-refractivity contribution in [1.29, 1.82) is 0 Å². The molecule has 0 amide bonds. The van der Waals surface area contributed by atoms with E-state index in [0.717, 1.165) is 18.2 Å². The van der Waals surface area contributed by atoms with Crippen LogP contribution in [-0.2, 0) is 13.0 Å². The third-order valence-corrected chi connectivity index (χ3v) is 4.95. The van der Waals surface area contributed by atoms with Crippen molar-refractivity contribution in [3.8, 4) is 5.75 Å². The highest BCUT2D eigenvalue weighted by atomic mass is 16.5. The summed E-state index contributed by atoms with van der Waals surface area (Å²) >= 11 is 0. The number of likely N-dealkylation sites (tertiary alicyclic amines) is 1. The second-order valence-corrected chi connectivity index (χ2v) is 6.77. The van der Waals surface area contributed by atoms with E-state index >= 15 is 0 Å². The lowest BCUT2D eigenvalue weighted by Crippen LogP contribution is -3.11. The fourth-order valence-corrected chi connectivity index (χ4v) is 3.62. The van der Waals surface area contributed by atoms with E-state index in [2.05, 4.69) is 55.1 Å². The summed E-state index contributed by atoms with van der Waals surface area (Å²) in [5, 5.41) is 0. The first kappa shape index (κ1) is 16.8. The largest absolute Gasteiger partial charge is 0.489 e. The summed E-state index contributed by atoms with van der Waals surface area (Å²) in [6, 6.07) is 19.3. The van der Waals surface area contributed by atoms with E-state index in [1.807, 2.05) is 6.07 Å². The first-order valence-corrected chi connectivity index (χ1v) is 9.04. The molecule has 1 aliphatic heterocycles. The topological polar surface area (TPSA) is 13.7 Å². The number of para-hydroxylation sites is 1. The molecule has 1 aliphatic rings. The lowest BCUT2D eigenvalue weighted by atomic mass is 9.90. The Kier molecular flexibility index (Phi) is 6.08. The van der Waals surface area contributed by atoms with Gasteiger partial charge in [0.2, 0.25) is 0 Å². The Bertz CT molecular complexity index is 629. The first-order chi connectivity index (χ1) is 11.8. The highest BCUT2D eigenvalue weighted by molar-refractivity contribution is 5.32. The minimum atomic E-state index is 0.575. The molecule has 1 fully saturated rings. The van der Waals surface area contributed by atoms with Crippen LogP contribution in [0.4, 0.5) is 0 Å². The number of ether oxygens (including phenoxy) is 1. The van der Waals surface area contributed by atoms with Gasteiger partial charge in [-0.25, -0.2) is 0 Å². The number of hydrogen-bond acceptors (Lipinski definition) is 1. The van der Waals surface area contributed by atoms with Gasteiger partial charge in [-0.3, -0.25) is 0 Å². The van der Waals surface area contributed by atoms with Crippen LogP contribution in [0.5, 0.6) is 5.75 Å². The van der Waals surface area contributed by atoms with Crippen LogP contribution in [0.1, 0.15) is 24.0 Å². The van der Waals surface area contributed by atoms with E-state index in [-0.39, 0.29) is 0 Å². The van der Waals surface area contributed by atoms with Crippen LogP contribution < -0.4 is 9.64 Å². The lowest BCUT2D eigenvalue weighted by Gasteiger charge is -2.29. The summed E-state index contributed by atoms with van der Waals surface area (Å²) < 4.78 is 5.80. The second kappa shape index (κ2) is 8.70. The molecule has 2 aromatic rings. The van der Waals surface area contributed by atoms with Gasteiger partial charge >= 0.3 is 0 Å². The van der Waals surface area contributed by atoms with Crippen molar-refractivity contribution in [2.45, 2.75) is 25.8 Å². The molecule has 0 unspecified atom stereocenters. The predicted molar refractivity (Wildman–Crippen MR) is 99.4 cm³/mol. The number of nitrogens with one attached hydrogen (secondary N) is 1. The molecule has 0 aliphatic carbocycles. The molecule has 126 valence electrons. The van der Waals surface area contributed by atoms with Crippen molar-refractivity contribution in [3.63, 3.8) is 0 Å². The van der Waals surface area contributed by atoms with Gasteiger partial charge in [-0.15, -0.1) is 0 Å². The van der Waals surface area contributed by atoms with Crippen LogP contribution >= 0.6 is 0 Å². The predicted octanol–water partition coefficient (Wildman–Crippen LogP) is 3.29. The van der Waals surface area contributed by atoms with Gasteiger partial charge in [0, 0.05) is 5.56 Å². The van der Waals surface area contributed by atoms with E-state index < -0.39 is 0 Å². The molecule has 1 N–H and O–H groups in total. The lowest BCUT2D eigenvalue weighted by molar-refractivity contribution is -0.919. The van der Waals surface area contributed by atoms with Gasteiger partial charge in [0.05, 0.1) is 13.1 Å². The number of quaternary nitrogens is 1. The quantitative estimate of drug-likeness (QED) is 0.772. The third kappa shape index (κ3) is 4.72. The minimum absolute atomic E-state index is 0.575. The van der Waals surface area contributed by atoms with Crippen LogP contribution in [0.25, 0.3) is 0 Å². The molecule has 1 saturated heterocycles. The fraction of sp³-hybridized carbons (Fsp3) is 0.364. The molecule has 2 heteroatoms. The average Bonchev–Trinajstić information content (AvgIpc) is 2.63. The molecule has 1 heterocycles. The van der Waals surface area contributed by atoms with Crippen molar-refractivity contribution in [1.82, 2.24) is 0 Å². The molecular formula is C22H28NO+. The summed E-state index contributed by atoms with van der Waals surface area (Å²) in [6.45, 7) is 7.88. The van der Waals surface area contributed by atoms with Crippen molar-refractivity contribution in [3.05, 3.63) is 78.4 Å². The molecule has 0 aromatic heterocycles. The Hall–Kier alpha value is -2.06. The zero-order chi connectivity index (χ0) is 16.6. The number of hydrogen-bond donors (Lipinski definition) is 1. The maximum Gasteiger partial charge on any atom is 0.128 e. The van der Waals surface area contributed by atoms with E-state index in [1.54, 1.807) is 11.0 Å². The number of piperidine rings is 1. The van der Waals surface area contributed by atoms with Gasteiger partial charge in [0.15, 0.2) is 0 Å². The summed E-state index contributed by atoms with van der Waals surface area (Å²) in [4.78, 5) is 1.67. The van der Waals surface area contributed by atoms with Gasteiger partial charge in [-0.05, 0) is 42.9 Å². The Balaban J connectivity index is 1.51. The first-order valence-electron chi connectivity index (χ1n) is 9.04. The number of rotatable bonds is 7. The molecule has 2 nitrogen and oxygen atoms in total. The normalized spacial score (nSPS) is 20.5. The highest BCUT2D eigenvalue weighted by Gasteiger charge is 2.23. The van der Waals surface area contributed by atoms with Crippen LogP contribution in [0, 0.1) is 5.92 Å². The van der Waals surface area contributed by atoms with Gasteiger partial charge in [-0.2, -0.15) is 0 Å². The third-order valence-electron chi connectivity index (χ3n) is 4.95. The maximum atomic E-state index is 5.80. The van der Waals surface area contributed by atoms with Crippen LogP contribution in [-0.4, -0.2) is 19.7 Å². The van der Waals surface area contributed by atoms with E-state index in [4.69, 9.17) is 4.74 Å². The summed E-state index contributed by atoms with van der Waals surface area (Å²) in [6.07, 6.45) is 5.67. The Morgan fingerprint density at radius 3 is 2.46 bits per heavy atom.